The zero-order valence-corrected chi connectivity index (χ0v) is 16.5. The molecule has 2 aromatic carbocycles. The molecule has 1 amide bonds. The van der Waals surface area contributed by atoms with E-state index >= 15 is 0 Å². The van der Waals surface area contributed by atoms with Gasteiger partial charge in [0.2, 0.25) is 0 Å². The molecule has 1 heterocycles. The van der Waals surface area contributed by atoms with E-state index in [-0.39, 0.29) is 17.5 Å². The highest BCUT2D eigenvalue weighted by Crippen LogP contribution is 2.39. The highest BCUT2D eigenvalue weighted by molar-refractivity contribution is 8.18. The van der Waals surface area contributed by atoms with Crippen LogP contribution in [0.2, 0.25) is 0 Å². The van der Waals surface area contributed by atoms with Gasteiger partial charge in [-0.2, -0.15) is 18.4 Å². The van der Waals surface area contributed by atoms with Gasteiger partial charge in [-0.05, 0) is 66.6 Å². The molecule has 0 bridgehead atoms. The van der Waals surface area contributed by atoms with Crippen molar-refractivity contribution < 1.29 is 27.1 Å². The van der Waals surface area contributed by atoms with Gasteiger partial charge < -0.3 is 10.1 Å². The Hall–Kier alpha value is -3.32. The average Bonchev–Trinajstić information content (AvgIpc) is 3.46. The smallest absolute Gasteiger partial charge is 0.420 e. The number of halogens is 4. The Labute approximate surface area is 178 Å². The Kier molecular flexibility index (Phi) is 5.45. The van der Waals surface area contributed by atoms with Crippen LogP contribution in [0.4, 0.5) is 17.6 Å². The zero-order valence-electron chi connectivity index (χ0n) is 15.7. The predicted molar refractivity (Wildman–Crippen MR) is 107 cm³/mol. The summed E-state index contributed by atoms with van der Waals surface area (Å²) < 4.78 is 59.5. The van der Waals surface area contributed by atoms with E-state index in [0.717, 1.165) is 42.8 Å². The summed E-state index contributed by atoms with van der Waals surface area (Å²) in [6.07, 6.45) is -1.34. The SMILES string of the molecule is N#Cc1ccc(Oc2ccc(/C=C3/SC(=NC4CC4)NC3=O)cc2F)c(C(F)(F)F)c1. The molecule has 10 heteroatoms. The van der Waals surface area contributed by atoms with Crippen LogP contribution in [0.1, 0.15) is 29.5 Å². The van der Waals surface area contributed by atoms with Gasteiger partial charge in [0.15, 0.2) is 16.7 Å². The summed E-state index contributed by atoms with van der Waals surface area (Å²) in [7, 11) is 0. The molecule has 1 N–H and O–H groups in total. The Balaban J connectivity index is 1.56. The summed E-state index contributed by atoms with van der Waals surface area (Å²) in [6, 6.07) is 8.28. The van der Waals surface area contributed by atoms with Crippen molar-refractivity contribution in [2.75, 3.05) is 0 Å². The highest BCUT2D eigenvalue weighted by atomic mass is 32.2. The summed E-state index contributed by atoms with van der Waals surface area (Å²) in [5, 5.41) is 12.0. The average molecular weight is 447 g/mol. The molecule has 2 fully saturated rings. The molecule has 0 radical (unpaired) electrons. The molecular weight excluding hydrogens is 434 g/mol. The number of alkyl halides is 3. The fourth-order valence-electron chi connectivity index (χ4n) is 2.73. The van der Waals surface area contributed by atoms with Crippen LogP contribution in [0.25, 0.3) is 6.08 Å². The Bertz CT molecular complexity index is 1160. The van der Waals surface area contributed by atoms with Gasteiger partial charge in [-0.25, -0.2) is 4.39 Å². The first-order valence-electron chi connectivity index (χ1n) is 9.10. The Morgan fingerprint density at radius 1 is 1.19 bits per heavy atom. The molecule has 0 spiro atoms. The molecule has 31 heavy (non-hydrogen) atoms. The van der Waals surface area contributed by atoms with Crippen LogP contribution in [-0.4, -0.2) is 17.1 Å². The van der Waals surface area contributed by atoms with Crippen molar-refractivity contribution in [1.82, 2.24) is 5.32 Å². The summed E-state index contributed by atoms with van der Waals surface area (Å²) in [5.41, 5.74) is -1.04. The lowest BCUT2D eigenvalue weighted by Crippen LogP contribution is -2.20. The second kappa shape index (κ2) is 8.07. The van der Waals surface area contributed by atoms with Crippen LogP contribution in [-0.2, 0) is 11.0 Å². The van der Waals surface area contributed by atoms with Crippen molar-refractivity contribution in [3.63, 3.8) is 0 Å². The molecule has 1 aliphatic heterocycles. The second-order valence-corrected chi connectivity index (χ2v) is 7.87. The predicted octanol–water partition coefficient (Wildman–Crippen LogP) is 5.23. The van der Waals surface area contributed by atoms with Crippen molar-refractivity contribution in [2.45, 2.75) is 25.1 Å². The number of rotatable bonds is 4. The van der Waals surface area contributed by atoms with Crippen molar-refractivity contribution in [3.05, 3.63) is 63.8 Å². The van der Waals surface area contributed by atoms with Gasteiger partial charge in [0.25, 0.3) is 5.91 Å². The number of nitrogens with zero attached hydrogens (tertiary/aromatic N) is 2. The van der Waals surface area contributed by atoms with E-state index in [1.54, 1.807) is 6.07 Å². The molecule has 2 aromatic rings. The van der Waals surface area contributed by atoms with Crippen LogP contribution in [0.3, 0.4) is 0 Å². The lowest BCUT2D eigenvalue weighted by molar-refractivity contribution is -0.138. The number of benzene rings is 2. The number of hydrogen-bond donors (Lipinski definition) is 1. The van der Waals surface area contributed by atoms with Crippen LogP contribution < -0.4 is 10.1 Å². The number of thioether (sulfide) groups is 1. The molecule has 2 aliphatic rings. The van der Waals surface area contributed by atoms with Crippen LogP contribution in [0.15, 0.2) is 46.3 Å². The number of carbonyl (C=O) groups is 1. The third-order valence-electron chi connectivity index (χ3n) is 4.39. The molecule has 4 rings (SSSR count). The molecule has 1 saturated heterocycles. The van der Waals surface area contributed by atoms with E-state index in [9.17, 15) is 22.4 Å². The Morgan fingerprint density at radius 3 is 2.58 bits per heavy atom. The normalized spacial score (nSPS) is 18.9. The number of ether oxygens (including phenoxy) is 1. The van der Waals surface area contributed by atoms with Gasteiger partial charge in [-0.15, -0.1) is 0 Å². The van der Waals surface area contributed by atoms with Gasteiger partial charge in [0.05, 0.1) is 28.1 Å². The lowest BCUT2D eigenvalue weighted by Gasteiger charge is -2.14. The fraction of sp³-hybridized carbons (Fsp3) is 0.190. The van der Waals surface area contributed by atoms with Gasteiger partial charge in [0, 0.05) is 0 Å². The summed E-state index contributed by atoms with van der Waals surface area (Å²) in [4.78, 5) is 16.7. The molecular formula is C21H13F4N3O2S. The monoisotopic (exact) mass is 447 g/mol. The van der Waals surface area contributed by atoms with E-state index in [0.29, 0.717) is 21.7 Å². The third kappa shape index (κ3) is 4.88. The van der Waals surface area contributed by atoms with Crippen molar-refractivity contribution in [1.29, 1.82) is 5.26 Å². The molecule has 0 aromatic heterocycles. The quantitative estimate of drug-likeness (QED) is 0.515. The first-order valence-corrected chi connectivity index (χ1v) is 9.92. The number of carbonyl (C=O) groups excluding carboxylic acids is 1. The third-order valence-corrected chi connectivity index (χ3v) is 5.31. The number of amidine groups is 1. The molecule has 158 valence electrons. The maximum absolute atomic E-state index is 14.5. The van der Waals surface area contributed by atoms with E-state index in [1.807, 2.05) is 0 Å². The number of nitriles is 1. The number of nitrogens with one attached hydrogen (secondary N) is 1. The van der Waals surface area contributed by atoms with Crippen molar-refractivity contribution in [2.24, 2.45) is 4.99 Å². The van der Waals surface area contributed by atoms with Crippen molar-refractivity contribution >= 4 is 28.9 Å². The first-order chi connectivity index (χ1) is 14.7. The van der Waals surface area contributed by atoms with Crippen molar-refractivity contribution in [3.8, 4) is 17.6 Å². The van der Waals surface area contributed by atoms with E-state index < -0.39 is 29.1 Å². The topological polar surface area (TPSA) is 74.5 Å². The number of hydrogen-bond acceptors (Lipinski definition) is 5. The maximum Gasteiger partial charge on any atom is 0.420 e. The second-order valence-electron chi connectivity index (χ2n) is 6.84. The summed E-state index contributed by atoms with van der Waals surface area (Å²) in [5.74, 6) is -2.29. The van der Waals surface area contributed by atoms with E-state index in [4.69, 9.17) is 10.00 Å². The van der Waals surface area contributed by atoms with Crippen LogP contribution >= 0.6 is 11.8 Å². The van der Waals surface area contributed by atoms with Gasteiger partial charge >= 0.3 is 6.18 Å². The maximum atomic E-state index is 14.5. The fourth-order valence-corrected chi connectivity index (χ4v) is 3.62. The minimum atomic E-state index is -4.78. The first kappa shape index (κ1) is 20.9. The standard InChI is InChI=1S/C21H13F4N3O2S/c22-15-8-11(9-18-19(29)28-20(31-18)27-13-3-4-13)1-6-17(15)30-16-5-2-12(10-26)7-14(16)21(23,24)25/h1-2,5-9,13H,3-4H2,(H,27,28,29)/b18-9+. The zero-order chi connectivity index (χ0) is 22.2. The van der Waals surface area contributed by atoms with Gasteiger partial charge in [-0.1, -0.05) is 6.07 Å². The van der Waals surface area contributed by atoms with Gasteiger partial charge in [0.1, 0.15) is 5.75 Å². The summed E-state index contributed by atoms with van der Waals surface area (Å²) >= 11 is 1.15. The van der Waals surface area contributed by atoms with Gasteiger partial charge in [-0.3, -0.25) is 9.79 Å². The molecule has 0 unspecified atom stereocenters. The number of aliphatic imine (C=N–C) groups is 1. The van der Waals surface area contributed by atoms with Crippen LogP contribution in [0.5, 0.6) is 11.5 Å². The molecule has 1 aliphatic carbocycles. The lowest BCUT2D eigenvalue weighted by atomic mass is 10.1. The summed E-state index contributed by atoms with van der Waals surface area (Å²) in [6.45, 7) is 0. The van der Waals surface area contributed by atoms with E-state index in [2.05, 4.69) is 10.3 Å². The molecule has 0 atom stereocenters. The van der Waals surface area contributed by atoms with Crippen LogP contribution in [0, 0.1) is 17.1 Å². The number of amides is 1. The minimum absolute atomic E-state index is 0.195. The molecule has 5 nitrogen and oxygen atoms in total. The highest BCUT2D eigenvalue weighted by Gasteiger charge is 2.35. The van der Waals surface area contributed by atoms with E-state index in [1.165, 1.54) is 18.2 Å². The minimum Gasteiger partial charge on any atom is -0.454 e. The molecule has 1 saturated carbocycles. The Morgan fingerprint density at radius 2 is 1.94 bits per heavy atom. The largest absolute Gasteiger partial charge is 0.454 e.